The van der Waals surface area contributed by atoms with Gasteiger partial charge in [-0.2, -0.15) is 0 Å². The Morgan fingerprint density at radius 2 is 2.71 bits per heavy atom. The minimum Gasteiger partial charge on any atom is -0.255 e. The highest BCUT2D eigenvalue weighted by molar-refractivity contribution is 5.79. The van der Waals surface area contributed by atoms with E-state index in [1.54, 1.807) is 6.20 Å². The van der Waals surface area contributed by atoms with Gasteiger partial charge in [0.1, 0.15) is 0 Å². The lowest BCUT2D eigenvalue weighted by molar-refractivity contribution is 1.28. The predicted octanol–water partition coefficient (Wildman–Crippen LogP) is 1.41. The molecule has 0 bridgehead atoms. The van der Waals surface area contributed by atoms with Crippen LogP contribution in [0.25, 0.3) is 0 Å². The molecule has 1 heteroatoms. The number of hydrogen-bond donors (Lipinski definition) is 0. The van der Waals surface area contributed by atoms with E-state index in [2.05, 4.69) is 17.8 Å². The van der Waals surface area contributed by atoms with Crippen LogP contribution in [-0.4, -0.2) is 6.21 Å². The molecule has 0 aliphatic carbocycles. The zero-order valence-corrected chi connectivity index (χ0v) is 4.02. The maximum Gasteiger partial charge on any atom is 0.0917 e. The molecular weight excluding hydrogens is 86.1 g/mol. The van der Waals surface area contributed by atoms with E-state index in [1.165, 1.54) is 0 Å². The molecule has 0 aromatic rings. The Morgan fingerprint density at radius 1 is 1.86 bits per heavy atom. The van der Waals surface area contributed by atoms with Crippen LogP contribution in [0.15, 0.2) is 29.4 Å². The van der Waals surface area contributed by atoms with Gasteiger partial charge >= 0.3 is 0 Å². The van der Waals surface area contributed by atoms with E-state index in [0.29, 0.717) is 0 Å². The lowest BCUT2D eigenvalue weighted by Crippen LogP contribution is -1.82. The van der Waals surface area contributed by atoms with E-state index < -0.39 is 0 Å². The SMILES string of the molecule is C=C1[C]=NC=CC1. The summed E-state index contributed by atoms with van der Waals surface area (Å²) in [6.45, 7) is 3.66. The minimum atomic E-state index is 0.906. The first-order chi connectivity index (χ1) is 3.39. The lowest BCUT2D eigenvalue weighted by atomic mass is 10.2. The van der Waals surface area contributed by atoms with Crippen LogP contribution in [0, 0.1) is 0 Å². The largest absolute Gasteiger partial charge is 0.255 e. The van der Waals surface area contributed by atoms with Crippen LogP contribution in [0.4, 0.5) is 0 Å². The predicted molar refractivity (Wildman–Crippen MR) is 30.3 cm³/mol. The van der Waals surface area contributed by atoms with Gasteiger partial charge in [-0.05, 0) is 12.0 Å². The third kappa shape index (κ3) is 1.000. The van der Waals surface area contributed by atoms with Crippen LogP contribution in [-0.2, 0) is 0 Å². The maximum absolute atomic E-state index is 3.73. The average Bonchev–Trinajstić information content (AvgIpc) is 1.69. The normalized spacial score (nSPS) is 18.0. The maximum atomic E-state index is 3.73. The number of allylic oxidation sites excluding steroid dienone is 2. The van der Waals surface area contributed by atoms with Crippen molar-refractivity contribution in [2.75, 3.05) is 0 Å². The molecule has 0 amide bonds. The summed E-state index contributed by atoms with van der Waals surface area (Å²) < 4.78 is 0. The zero-order valence-electron chi connectivity index (χ0n) is 4.02. The highest BCUT2D eigenvalue weighted by Crippen LogP contribution is 1.99. The van der Waals surface area contributed by atoms with Gasteiger partial charge in [0.25, 0.3) is 0 Å². The Morgan fingerprint density at radius 3 is 3.00 bits per heavy atom. The summed E-state index contributed by atoms with van der Waals surface area (Å²) in [4.78, 5) is 3.73. The Hall–Kier alpha value is -0.850. The van der Waals surface area contributed by atoms with Crippen LogP contribution in [0.3, 0.4) is 0 Å². The molecule has 0 atom stereocenters. The minimum absolute atomic E-state index is 0.906. The second-order valence-electron chi connectivity index (χ2n) is 1.43. The van der Waals surface area contributed by atoms with E-state index in [1.807, 2.05) is 6.08 Å². The van der Waals surface area contributed by atoms with E-state index in [9.17, 15) is 0 Å². The van der Waals surface area contributed by atoms with Crippen LogP contribution < -0.4 is 0 Å². The summed E-state index contributed by atoms with van der Waals surface area (Å²) >= 11 is 0. The number of hydrogen-bond acceptors (Lipinski definition) is 1. The van der Waals surface area contributed by atoms with Crippen molar-refractivity contribution in [2.24, 2.45) is 4.99 Å². The second kappa shape index (κ2) is 1.73. The summed E-state index contributed by atoms with van der Waals surface area (Å²) in [5, 5.41) is 0. The van der Waals surface area contributed by atoms with Gasteiger partial charge in [0, 0.05) is 6.20 Å². The van der Waals surface area contributed by atoms with Gasteiger partial charge in [0.2, 0.25) is 0 Å². The number of nitrogens with zero attached hydrogens (tertiary/aromatic N) is 1. The quantitative estimate of drug-likeness (QED) is 0.428. The Balaban J connectivity index is 2.66. The second-order valence-corrected chi connectivity index (χ2v) is 1.43. The molecule has 1 nitrogen and oxygen atoms in total. The summed E-state index contributed by atoms with van der Waals surface area (Å²) in [5.74, 6) is 0. The fourth-order valence-electron chi connectivity index (χ4n) is 0.422. The molecular formula is C6H6N. The Kier molecular flexibility index (Phi) is 1.07. The molecule has 0 saturated heterocycles. The van der Waals surface area contributed by atoms with Crippen molar-refractivity contribution in [1.82, 2.24) is 0 Å². The third-order valence-electron chi connectivity index (χ3n) is 0.767. The molecule has 0 aromatic heterocycles. The number of rotatable bonds is 0. The van der Waals surface area contributed by atoms with Crippen molar-refractivity contribution in [3.63, 3.8) is 0 Å². The van der Waals surface area contributed by atoms with Crippen molar-refractivity contribution < 1.29 is 0 Å². The van der Waals surface area contributed by atoms with Gasteiger partial charge in [-0.3, -0.25) is 4.99 Å². The summed E-state index contributed by atoms with van der Waals surface area (Å²) in [5.41, 5.74) is 0.961. The van der Waals surface area contributed by atoms with Gasteiger partial charge in [0.05, 0.1) is 6.21 Å². The highest BCUT2D eigenvalue weighted by Gasteiger charge is 1.87. The van der Waals surface area contributed by atoms with Gasteiger partial charge < -0.3 is 0 Å². The molecule has 1 heterocycles. The van der Waals surface area contributed by atoms with Crippen LogP contribution in [0.2, 0.25) is 0 Å². The molecule has 0 aromatic carbocycles. The summed E-state index contributed by atoms with van der Waals surface area (Å²) in [7, 11) is 0. The first kappa shape index (κ1) is 4.31. The van der Waals surface area contributed by atoms with E-state index in [4.69, 9.17) is 0 Å². The van der Waals surface area contributed by atoms with Gasteiger partial charge in [0.15, 0.2) is 0 Å². The van der Waals surface area contributed by atoms with Crippen molar-refractivity contribution in [3.8, 4) is 0 Å². The van der Waals surface area contributed by atoms with Crippen LogP contribution in [0.5, 0.6) is 0 Å². The van der Waals surface area contributed by atoms with E-state index in [0.717, 1.165) is 12.0 Å². The first-order valence-corrected chi connectivity index (χ1v) is 2.18. The van der Waals surface area contributed by atoms with Gasteiger partial charge in [-0.15, -0.1) is 0 Å². The molecule has 0 unspecified atom stereocenters. The average molecular weight is 92.1 g/mol. The van der Waals surface area contributed by atoms with Crippen molar-refractivity contribution in [1.29, 1.82) is 0 Å². The molecule has 0 N–H and O–H groups in total. The molecule has 1 rings (SSSR count). The molecule has 1 aliphatic heterocycles. The topological polar surface area (TPSA) is 12.4 Å². The molecule has 7 heavy (non-hydrogen) atoms. The zero-order chi connectivity index (χ0) is 5.11. The Labute approximate surface area is 43.1 Å². The first-order valence-electron chi connectivity index (χ1n) is 2.18. The highest BCUT2D eigenvalue weighted by atomic mass is 14.7. The summed E-state index contributed by atoms with van der Waals surface area (Å²) in [6.07, 6.45) is 7.32. The fourth-order valence-corrected chi connectivity index (χ4v) is 0.422. The lowest BCUT2D eigenvalue weighted by Gasteiger charge is -1.92. The molecule has 1 aliphatic rings. The fraction of sp³-hybridized carbons (Fsp3) is 0.167. The molecule has 0 saturated carbocycles. The smallest absolute Gasteiger partial charge is 0.0917 e. The van der Waals surface area contributed by atoms with E-state index >= 15 is 0 Å². The molecule has 0 spiro atoms. The van der Waals surface area contributed by atoms with Crippen LogP contribution >= 0.6 is 0 Å². The van der Waals surface area contributed by atoms with Crippen molar-refractivity contribution >= 4 is 6.21 Å². The van der Waals surface area contributed by atoms with Gasteiger partial charge in [-0.25, -0.2) is 0 Å². The summed E-state index contributed by atoms with van der Waals surface area (Å²) in [6, 6.07) is 0. The standard InChI is InChI=1S/C6H6N/c1-6-3-2-4-7-5-6/h2,4H,1,3H2. The van der Waals surface area contributed by atoms with Gasteiger partial charge in [-0.1, -0.05) is 12.7 Å². The molecule has 1 radical (unpaired) electrons. The van der Waals surface area contributed by atoms with Crippen LogP contribution in [0.1, 0.15) is 6.42 Å². The monoisotopic (exact) mass is 92.1 g/mol. The third-order valence-corrected chi connectivity index (χ3v) is 0.767. The number of aliphatic imine (C=N–C) groups is 1. The van der Waals surface area contributed by atoms with E-state index in [-0.39, 0.29) is 0 Å². The Bertz CT molecular complexity index is 131. The molecule has 35 valence electrons. The molecule has 0 fully saturated rings. The van der Waals surface area contributed by atoms with Crippen molar-refractivity contribution in [3.05, 3.63) is 24.4 Å². The van der Waals surface area contributed by atoms with Crippen molar-refractivity contribution in [2.45, 2.75) is 6.42 Å².